The molecule has 2 saturated carbocycles. The number of aliphatic hydroxyl groups excluding tert-OH is 1. The molecule has 5 aliphatic rings. The molecule has 1 saturated heterocycles. The minimum atomic E-state index is -0.861. The van der Waals surface area contributed by atoms with Crippen molar-refractivity contribution in [1.29, 1.82) is 0 Å². The average Bonchev–Trinajstić information content (AvgIpc) is 3.55. The number of hydrogen-bond donors (Lipinski definition) is 2. The molecule has 1 spiro atoms. The van der Waals surface area contributed by atoms with Crippen LogP contribution < -0.4 is 9.47 Å². The Morgan fingerprint density at radius 1 is 1.06 bits per heavy atom. The van der Waals surface area contributed by atoms with E-state index in [1.54, 1.807) is 0 Å². The summed E-state index contributed by atoms with van der Waals surface area (Å²) in [5.41, 5.74) is 2.09. The highest BCUT2D eigenvalue weighted by atomic mass is 16.5. The second-order valence-electron chi connectivity index (χ2n) is 10.6. The van der Waals surface area contributed by atoms with Crippen LogP contribution in [-0.4, -0.2) is 52.1 Å². The zero-order chi connectivity index (χ0) is 21.5. The standard InChI is InChI=1S/C27H31NO4/c29-20-10-11-27(30)22-14-19-8-9-21(31-16-18-4-2-1-3-5-18)24-23(19)26(27,25(20)32-24)12-13-28(22)15-17-6-7-17/h1-5,8-9,17,20,22,25,29-30H,6-7,10-16H2/t20?,22-,25+,26+,27-/m1/s1. The molecule has 0 amide bonds. The molecule has 2 bridgehead atoms. The largest absolute Gasteiger partial charge is 0.485 e. The summed E-state index contributed by atoms with van der Waals surface area (Å²) < 4.78 is 12.8. The lowest BCUT2D eigenvalue weighted by Gasteiger charge is -2.63. The van der Waals surface area contributed by atoms with E-state index in [-0.39, 0.29) is 6.04 Å². The summed E-state index contributed by atoms with van der Waals surface area (Å²) >= 11 is 0. The number of benzene rings is 2. The first-order valence-electron chi connectivity index (χ1n) is 12.2. The Labute approximate surface area is 189 Å². The molecule has 2 aromatic rings. The summed E-state index contributed by atoms with van der Waals surface area (Å²) in [6.45, 7) is 2.53. The van der Waals surface area contributed by atoms with E-state index in [1.165, 1.54) is 18.4 Å². The monoisotopic (exact) mass is 433 g/mol. The summed E-state index contributed by atoms with van der Waals surface area (Å²) in [6.07, 6.45) is 4.57. The molecule has 5 heteroatoms. The molecular weight excluding hydrogens is 402 g/mol. The van der Waals surface area contributed by atoms with Gasteiger partial charge in [-0.3, -0.25) is 4.90 Å². The Balaban J connectivity index is 1.31. The first-order valence-corrected chi connectivity index (χ1v) is 12.2. The topological polar surface area (TPSA) is 62.2 Å². The van der Waals surface area contributed by atoms with Gasteiger partial charge < -0.3 is 19.7 Å². The first kappa shape index (κ1) is 19.4. The third kappa shape index (κ3) is 2.50. The molecule has 2 aliphatic heterocycles. The van der Waals surface area contributed by atoms with Crippen molar-refractivity contribution in [3.63, 3.8) is 0 Å². The molecular formula is C27H31NO4. The van der Waals surface area contributed by atoms with E-state index in [9.17, 15) is 10.2 Å². The maximum atomic E-state index is 12.4. The Kier molecular flexibility index (Phi) is 4.07. The second kappa shape index (κ2) is 6.72. The predicted octanol–water partition coefficient (Wildman–Crippen LogP) is 3.19. The van der Waals surface area contributed by atoms with Gasteiger partial charge in [-0.15, -0.1) is 0 Å². The lowest BCUT2D eigenvalue weighted by atomic mass is 9.48. The molecule has 0 aromatic heterocycles. The van der Waals surface area contributed by atoms with Crippen LogP contribution in [0, 0.1) is 5.92 Å². The van der Waals surface area contributed by atoms with Crippen molar-refractivity contribution in [3.05, 3.63) is 59.2 Å². The van der Waals surface area contributed by atoms with Gasteiger partial charge in [0, 0.05) is 18.2 Å². The smallest absolute Gasteiger partial charge is 0.166 e. The van der Waals surface area contributed by atoms with E-state index in [0.717, 1.165) is 54.5 Å². The van der Waals surface area contributed by atoms with E-state index in [0.29, 0.717) is 19.4 Å². The van der Waals surface area contributed by atoms with E-state index in [1.807, 2.05) is 24.3 Å². The van der Waals surface area contributed by atoms with Crippen molar-refractivity contribution in [1.82, 2.24) is 4.90 Å². The van der Waals surface area contributed by atoms with Gasteiger partial charge in [-0.05, 0) is 68.2 Å². The minimum Gasteiger partial charge on any atom is -0.485 e. The molecule has 7 rings (SSSR count). The van der Waals surface area contributed by atoms with Crippen molar-refractivity contribution < 1.29 is 19.7 Å². The first-order chi connectivity index (χ1) is 15.6. The zero-order valence-electron chi connectivity index (χ0n) is 18.4. The lowest BCUT2D eigenvalue weighted by molar-refractivity contribution is -0.208. The van der Waals surface area contributed by atoms with Gasteiger partial charge in [0.05, 0.1) is 17.1 Å². The Hall–Kier alpha value is -2.08. The second-order valence-corrected chi connectivity index (χ2v) is 10.6. The molecule has 5 atom stereocenters. The molecule has 2 heterocycles. The van der Waals surface area contributed by atoms with Crippen LogP contribution in [0.3, 0.4) is 0 Å². The highest BCUT2D eigenvalue weighted by Gasteiger charge is 2.73. The van der Waals surface area contributed by atoms with Crippen LogP contribution in [0.4, 0.5) is 0 Å². The Morgan fingerprint density at radius 3 is 2.72 bits per heavy atom. The van der Waals surface area contributed by atoms with Gasteiger partial charge in [0.15, 0.2) is 11.5 Å². The molecule has 2 N–H and O–H groups in total. The predicted molar refractivity (Wildman–Crippen MR) is 120 cm³/mol. The number of rotatable bonds is 5. The molecule has 5 nitrogen and oxygen atoms in total. The van der Waals surface area contributed by atoms with Gasteiger partial charge in [-0.2, -0.15) is 0 Å². The van der Waals surface area contributed by atoms with Gasteiger partial charge in [-0.25, -0.2) is 0 Å². The van der Waals surface area contributed by atoms with Crippen LogP contribution in [0.5, 0.6) is 11.5 Å². The average molecular weight is 434 g/mol. The van der Waals surface area contributed by atoms with E-state index < -0.39 is 23.2 Å². The minimum absolute atomic E-state index is 0.102. The Bertz CT molecular complexity index is 1050. The van der Waals surface area contributed by atoms with E-state index in [2.05, 4.69) is 23.1 Å². The van der Waals surface area contributed by atoms with E-state index >= 15 is 0 Å². The molecule has 1 unspecified atom stereocenters. The zero-order valence-corrected chi connectivity index (χ0v) is 18.4. The number of aliphatic hydroxyl groups is 2. The normalized spacial score (nSPS) is 37.0. The fourth-order valence-electron chi connectivity index (χ4n) is 7.29. The fourth-order valence-corrected chi connectivity index (χ4v) is 7.29. The van der Waals surface area contributed by atoms with Crippen molar-refractivity contribution in [3.8, 4) is 11.5 Å². The SMILES string of the molecule is OC1CC[C@@]2(O)[C@H]3Cc4ccc(OCc5ccccc5)c5c4[C@@]2(CCN3CC2CC2)[C@H]1O5. The van der Waals surface area contributed by atoms with Crippen molar-refractivity contribution in [2.45, 2.75) is 74.4 Å². The summed E-state index contributed by atoms with van der Waals surface area (Å²) in [7, 11) is 0. The van der Waals surface area contributed by atoms with Crippen LogP contribution in [0.15, 0.2) is 42.5 Å². The molecule has 32 heavy (non-hydrogen) atoms. The molecule has 3 aliphatic carbocycles. The summed E-state index contributed by atoms with van der Waals surface area (Å²) in [5.74, 6) is 2.28. The third-order valence-electron chi connectivity index (χ3n) is 8.95. The molecule has 168 valence electrons. The van der Waals surface area contributed by atoms with Crippen molar-refractivity contribution in [2.75, 3.05) is 13.1 Å². The molecule has 2 aromatic carbocycles. The van der Waals surface area contributed by atoms with Gasteiger partial charge in [0.25, 0.3) is 0 Å². The number of likely N-dealkylation sites (tertiary alicyclic amines) is 1. The summed E-state index contributed by atoms with van der Waals surface area (Å²) in [4.78, 5) is 2.55. The number of hydrogen-bond acceptors (Lipinski definition) is 5. The molecule has 3 fully saturated rings. The number of nitrogens with zero attached hydrogens (tertiary/aromatic N) is 1. The van der Waals surface area contributed by atoms with Crippen LogP contribution in [0.1, 0.15) is 48.8 Å². The Morgan fingerprint density at radius 2 is 1.91 bits per heavy atom. The van der Waals surface area contributed by atoms with Gasteiger partial charge in [-0.1, -0.05) is 36.4 Å². The number of ether oxygens (including phenoxy) is 2. The van der Waals surface area contributed by atoms with E-state index in [4.69, 9.17) is 9.47 Å². The van der Waals surface area contributed by atoms with Crippen molar-refractivity contribution in [2.24, 2.45) is 5.92 Å². The quantitative estimate of drug-likeness (QED) is 0.758. The fraction of sp³-hybridized carbons (Fsp3) is 0.556. The van der Waals surface area contributed by atoms with Crippen LogP contribution in [0.2, 0.25) is 0 Å². The maximum absolute atomic E-state index is 12.4. The summed E-state index contributed by atoms with van der Waals surface area (Å²) in [6, 6.07) is 14.5. The van der Waals surface area contributed by atoms with Gasteiger partial charge in [0.2, 0.25) is 0 Å². The lowest BCUT2D eigenvalue weighted by Crippen LogP contribution is -2.77. The highest BCUT2D eigenvalue weighted by molar-refractivity contribution is 5.63. The number of piperidine rings is 1. The van der Waals surface area contributed by atoms with Crippen LogP contribution in [-0.2, 0) is 18.4 Å². The van der Waals surface area contributed by atoms with Gasteiger partial charge >= 0.3 is 0 Å². The molecule has 0 radical (unpaired) electrons. The maximum Gasteiger partial charge on any atom is 0.166 e. The van der Waals surface area contributed by atoms with Crippen LogP contribution >= 0.6 is 0 Å². The summed E-state index contributed by atoms with van der Waals surface area (Å²) in [5, 5.41) is 23.4. The van der Waals surface area contributed by atoms with Crippen LogP contribution in [0.25, 0.3) is 0 Å². The van der Waals surface area contributed by atoms with Crippen molar-refractivity contribution >= 4 is 0 Å². The third-order valence-corrected chi connectivity index (χ3v) is 8.95. The van der Waals surface area contributed by atoms with Gasteiger partial charge in [0.1, 0.15) is 12.7 Å². The highest BCUT2D eigenvalue weighted by Crippen LogP contribution is 2.65.